The van der Waals surface area contributed by atoms with Gasteiger partial charge in [0.1, 0.15) is 24.1 Å². The van der Waals surface area contributed by atoms with Crippen LogP contribution in [0.15, 0.2) is 84.0 Å². The van der Waals surface area contributed by atoms with E-state index >= 15 is 0 Å². The van der Waals surface area contributed by atoms with Gasteiger partial charge in [-0.15, -0.1) is 0 Å². The molecule has 0 aromatic heterocycles. The third kappa shape index (κ3) is 6.10. The second-order valence-electron chi connectivity index (χ2n) is 6.64. The molecule has 0 bridgehead atoms. The fourth-order valence-electron chi connectivity index (χ4n) is 2.72. The van der Waals surface area contributed by atoms with Crippen LogP contribution in [0.2, 0.25) is 0 Å². The second-order valence-corrected chi connectivity index (χ2v) is 6.64. The number of nitrogens with zero attached hydrogens (tertiary/aromatic N) is 1. The third-order valence-corrected chi connectivity index (χ3v) is 4.40. The number of rotatable bonds is 9. The first-order valence-corrected chi connectivity index (χ1v) is 9.65. The van der Waals surface area contributed by atoms with Crippen molar-refractivity contribution >= 4 is 17.8 Å². The molecule has 154 valence electrons. The van der Waals surface area contributed by atoms with Gasteiger partial charge in [-0.3, -0.25) is 4.79 Å². The summed E-state index contributed by atoms with van der Waals surface area (Å²) < 4.78 is 11.0. The Bertz CT molecular complexity index is 973. The number of hydrazone groups is 1. The van der Waals surface area contributed by atoms with Crippen LogP contribution in [0.25, 0.3) is 0 Å². The van der Waals surface area contributed by atoms with E-state index in [1.165, 1.54) is 0 Å². The zero-order valence-corrected chi connectivity index (χ0v) is 17.0. The van der Waals surface area contributed by atoms with E-state index < -0.39 is 6.04 Å². The van der Waals surface area contributed by atoms with Gasteiger partial charge in [0.15, 0.2) is 0 Å². The third-order valence-electron chi connectivity index (χ3n) is 4.40. The maximum Gasteiger partial charge on any atom is 0.262 e. The second kappa shape index (κ2) is 10.7. The van der Waals surface area contributed by atoms with Crippen LogP contribution >= 0.6 is 0 Å². The van der Waals surface area contributed by atoms with E-state index in [0.29, 0.717) is 12.4 Å². The van der Waals surface area contributed by atoms with Gasteiger partial charge in [-0.25, -0.2) is 5.43 Å². The first kappa shape index (κ1) is 20.9. The minimum absolute atomic E-state index is 0.246. The molecule has 0 unspecified atom stereocenters. The van der Waals surface area contributed by atoms with Crippen LogP contribution < -0.4 is 20.2 Å². The van der Waals surface area contributed by atoms with Gasteiger partial charge < -0.3 is 14.8 Å². The van der Waals surface area contributed by atoms with Crippen LogP contribution in [-0.4, -0.2) is 25.3 Å². The highest BCUT2D eigenvalue weighted by molar-refractivity contribution is 5.87. The van der Waals surface area contributed by atoms with Crippen LogP contribution in [0.4, 0.5) is 5.69 Å². The number of ether oxygens (including phenoxy) is 2. The highest BCUT2D eigenvalue weighted by atomic mass is 16.5. The van der Waals surface area contributed by atoms with E-state index in [1.807, 2.05) is 78.9 Å². The highest BCUT2D eigenvalue weighted by Crippen LogP contribution is 2.18. The van der Waals surface area contributed by atoms with E-state index in [9.17, 15) is 4.79 Å². The zero-order chi connectivity index (χ0) is 21.2. The maximum absolute atomic E-state index is 12.3. The molecule has 6 nitrogen and oxygen atoms in total. The van der Waals surface area contributed by atoms with E-state index in [0.717, 1.165) is 22.6 Å². The number of hydrogen-bond acceptors (Lipinski definition) is 5. The molecule has 1 atom stereocenters. The Balaban J connectivity index is 1.54. The quantitative estimate of drug-likeness (QED) is 0.414. The molecule has 0 saturated carbocycles. The van der Waals surface area contributed by atoms with Gasteiger partial charge >= 0.3 is 0 Å². The van der Waals surface area contributed by atoms with Crippen molar-refractivity contribution in [3.8, 4) is 11.5 Å². The Morgan fingerprint density at radius 1 is 1.00 bits per heavy atom. The maximum atomic E-state index is 12.3. The number of carbonyl (C=O) groups is 1. The molecule has 2 N–H and O–H groups in total. The standard InChI is InChI=1S/C24H25N3O3/c1-18(26-21-12-14-22(29-2)15-13-21)24(28)27-25-16-20-10-6-7-11-23(20)30-17-19-8-4-3-5-9-19/h3-16,18,26H,17H2,1-2H3,(H,27,28)/t18-/m0/s1. The molecule has 3 aromatic rings. The number of para-hydroxylation sites is 1. The first-order chi connectivity index (χ1) is 14.7. The van der Waals surface area contributed by atoms with Crippen LogP contribution in [0.1, 0.15) is 18.1 Å². The number of hydrogen-bond donors (Lipinski definition) is 2. The van der Waals surface area contributed by atoms with Gasteiger partial charge in [0.2, 0.25) is 0 Å². The van der Waals surface area contributed by atoms with Gasteiger partial charge in [-0.2, -0.15) is 5.10 Å². The molecule has 1 amide bonds. The van der Waals surface area contributed by atoms with E-state index in [-0.39, 0.29) is 5.91 Å². The Morgan fingerprint density at radius 2 is 1.70 bits per heavy atom. The average molecular weight is 403 g/mol. The summed E-state index contributed by atoms with van der Waals surface area (Å²) >= 11 is 0. The minimum Gasteiger partial charge on any atom is -0.497 e. The fraction of sp³-hybridized carbons (Fsp3) is 0.167. The Labute approximate surface area is 176 Å². The van der Waals surface area contributed by atoms with Gasteiger partial charge in [0, 0.05) is 11.3 Å². The molecule has 0 aliphatic heterocycles. The number of nitrogens with one attached hydrogen (secondary N) is 2. The average Bonchev–Trinajstić information content (AvgIpc) is 2.79. The lowest BCUT2D eigenvalue weighted by molar-refractivity contribution is -0.121. The van der Waals surface area contributed by atoms with Gasteiger partial charge in [0.25, 0.3) is 5.91 Å². The van der Waals surface area contributed by atoms with Crippen molar-refractivity contribution in [3.05, 3.63) is 90.0 Å². The lowest BCUT2D eigenvalue weighted by Crippen LogP contribution is -2.34. The Kier molecular flexibility index (Phi) is 7.44. The van der Waals surface area contributed by atoms with Gasteiger partial charge in [-0.05, 0) is 48.9 Å². The Morgan fingerprint density at radius 3 is 2.43 bits per heavy atom. The topological polar surface area (TPSA) is 72.0 Å². The number of methoxy groups -OCH3 is 1. The summed E-state index contributed by atoms with van der Waals surface area (Å²) in [5.41, 5.74) is 5.25. The van der Waals surface area contributed by atoms with Crippen LogP contribution in [0.3, 0.4) is 0 Å². The van der Waals surface area contributed by atoms with Crippen molar-refractivity contribution in [2.24, 2.45) is 5.10 Å². The van der Waals surface area contributed by atoms with E-state index in [2.05, 4.69) is 15.8 Å². The van der Waals surface area contributed by atoms with Crippen molar-refractivity contribution in [2.45, 2.75) is 19.6 Å². The predicted octanol–water partition coefficient (Wildman–Crippen LogP) is 4.22. The van der Waals surface area contributed by atoms with Crippen molar-refractivity contribution < 1.29 is 14.3 Å². The summed E-state index contributed by atoms with van der Waals surface area (Å²) in [6.07, 6.45) is 1.58. The van der Waals surface area contributed by atoms with Crippen LogP contribution in [0, 0.1) is 0 Å². The number of amides is 1. The van der Waals surface area contributed by atoms with Crippen LogP contribution in [-0.2, 0) is 11.4 Å². The molecule has 0 heterocycles. The van der Waals surface area contributed by atoms with Gasteiger partial charge in [-0.1, -0.05) is 42.5 Å². The molecule has 3 rings (SSSR count). The summed E-state index contributed by atoms with van der Waals surface area (Å²) in [6.45, 7) is 2.23. The summed E-state index contributed by atoms with van der Waals surface area (Å²) in [5, 5.41) is 7.21. The number of benzene rings is 3. The molecule has 0 aliphatic carbocycles. The predicted molar refractivity (Wildman–Crippen MR) is 119 cm³/mol. The Hall–Kier alpha value is -3.80. The van der Waals surface area contributed by atoms with Crippen molar-refractivity contribution in [1.29, 1.82) is 0 Å². The zero-order valence-electron chi connectivity index (χ0n) is 17.0. The molecular formula is C24H25N3O3. The molecule has 0 spiro atoms. The summed E-state index contributed by atoms with van der Waals surface area (Å²) in [6, 6.07) is 24.4. The van der Waals surface area contributed by atoms with E-state index in [4.69, 9.17) is 9.47 Å². The molecule has 0 fully saturated rings. The first-order valence-electron chi connectivity index (χ1n) is 9.65. The minimum atomic E-state index is -0.458. The fourth-order valence-corrected chi connectivity index (χ4v) is 2.72. The monoisotopic (exact) mass is 403 g/mol. The molecular weight excluding hydrogens is 378 g/mol. The smallest absolute Gasteiger partial charge is 0.262 e. The molecule has 0 radical (unpaired) electrons. The summed E-state index contributed by atoms with van der Waals surface area (Å²) in [4.78, 5) is 12.3. The molecule has 0 saturated heterocycles. The number of carbonyl (C=O) groups excluding carboxylic acids is 1. The number of anilines is 1. The lowest BCUT2D eigenvalue weighted by Gasteiger charge is -2.14. The van der Waals surface area contributed by atoms with Gasteiger partial charge in [0.05, 0.1) is 13.3 Å². The summed E-state index contributed by atoms with van der Waals surface area (Å²) in [7, 11) is 1.61. The lowest BCUT2D eigenvalue weighted by atomic mass is 10.2. The normalized spacial score (nSPS) is 11.7. The molecule has 0 aliphatic rings. The van der Waals surface area contributed by atoms with Crippen molar-refractivity contribution in [3.63, 3.8) is 0 Å². The largest absolute Gasteiger partial charge is 0.497 e. The van der Waals surface area contributed by atoms with Crippen molar-refractivity contribution in [1.82, 2.24) is 5.43 Å². The van der Waals surface area contributed by atoms with Crippen LogP contribution in [0.5, 0.6) is 11.5 Å². The van der Waals surface area contributed by atoms with Crippen molar-refractivity contribution in [2.75, 3.05) is 12.4 Å². The SMILES string of the molecule is COc1ccc(N[C@@H](C)C(=O)NN=Cc2ccccc2OCc2ccccc2)cc1. The molecule has 30 heavy (non-hydrogen) atoms. The van der Waals surface area contributed by atoms with E-state index in [1.54, 1.807) is 20.2 Å². The highest BCUT2D eigenvalue weighted by Gasteiger charge is 2.11. The summed E-state index contributed by atoms with van der Waals surface area (Å²) in [5.74, 6) is 1.21. The molecule has 3 aromatic carbocycles. The molecule has 6 heteroatoms.